The smallest absolute Gasteiger partial charge is 0.223 e. The lowest BCUT2D eigenvalue weighted by Crippen LogP contribution is -2.42. The van der Waals surface area contributed by atoms with E-state index in [9.17, 15) is 4.79 Å². The van der Waals surface area contributed by atoms with Crippen molar-refractivity contribution in [3.63, 3.8) is 0 Å². The molecule has 0 bridgehead atoms. The largest absolute Gasteiger partial charge is 0.367 e. The Morgan fingerprint density at radius 3 is 3.14 bits per heavy atom. The fourth-order valence-corrected chi connectivity index (χ4v) is 2.59. The minimum atomic E-state index is -0.203. The van der Waals surface area contributed by atoms with Gasteiger partial charge in [0.1, 0.15) is 17.7 Å². The van der Waals surface area contributed by atoms with Crippen molar-refractivity contribution < 1.29 is 14.1 Å². The molecule has 7 nitrogen and oxygen atoms in total. The zero-order valence-electron chi connectivity index (χ0n) is 12.2. The SMILES string of the molecule is Cc1cnc(C2CN(C(=O)CCc3cc(Cl)no3)CCO2)[nH]1. The van der Waals surface area contributed by atoms with Crippen LogP contribution in [0.5, 0.6) is 0 Å². The summed E-state index contributed by atoms with van der Waals surface area (Å²) in [7, 11) is 0. The maximum atomic E-state index is 12.3. The standard InChI is InChI=1S/C14H17ClN4O3/c1-9-7-16-14(17-9)11-8-19(4-5-21-11)13(20)3-2-10-6-12(15)18-22-10/h6-7,11H,2-5,8H2,1H3,(H,16,17). The summed E-state index contributed by atoms with van der Waals surface area (Å²) in [4.78, 5) is 21.5. The first-order chi connectivity index (χ1) is 10.6. The number of imidazole rings is 1. The predicted octanol–water partition coefficient (Wildman–Crippen LogP) is 1.89. The van der Waals surface area contributed by atoms with Gasteiger partial charge in [-0.3, -0.25) is 4.79 Å². The zero-order chi connectivity index (χ0) is 15.5. The summed E-state index contributed by atoms with van der Waals surface area (Å²) in [6.45, 7) is 3.53. The highest BCUT2D eigenvalue weighted by Gasteiger charge is 2.27. The Bertz CT molecular complexity index is 654. The van der Waals surface area contributed by atoms with E-state index < -0.39 is 0 Å². The minimum absolute atomic E-state index is 0.0594. The Morgan fingerprint density at radius 1 is 1.59 bits per heavy atom. The van der Waals surface area contributed by atoms with Gasteiger partial charge in [0.05, 0.1) is 13.2 Å². The molecule has 0 radical (unpaired) electrons. The van der Waals surface area contributed by atoms with Crippen LogP contribution in [-0.4, -0.2) is 45.6 Å². The molecule has 118 valence electrons. The molecule has 1 N–H and O–H groups in total. The summed E-state index contributed by atoms with van der Waals surface area (Å²) < 4.78 is 10.7. The first-order valence-electron chi connectivity index (χ1n) is 7.14. The molecule has 0 saturated carbocycles. The lowest BCUT2D eigenvalue weighted by Gasteiger charge is -2.32. The van der Waals surface area contributed by atoms with Crippen LogP contribution in [0.1, 0.15) is 29.8 Å². The molecular weight excluding hydrogens is 308 g/mol. The number of carbonyl (C=O) groups is 1. The quantitative estimate of drug-likeness (QED) is 0.928. The average molecular weight is 325 g/mol. The van der Waals surface area contributed by atoms with Crippen LogP contribution in [0.15, 0.2) is 16.8 Å². The van der Waals surface area contributed by atoms with Crippen molar-refractivity contribution in [2.45, 2.75) is 25.9 Å². The van der Waals surface area contributed by atoms with E-state index in [2.05, 4.69) is 15.1 Å². The van der Waals surface area contributed by atoms with Gasteiger partial charge in [-0.1, -0.05) is 16.8 Å². The maximum Gasteiger partial charge on any atom is 0.223 e. The number of H-pyrrole nitrogens is 1. The van der Waals surface area contributed by atoms with Crippen molar-refractivity contribution in [1.29, 1.82) is 0 Å². The van der Waals surface area contributed by atoms with Crippen molar-refractivity contribution in [3.8, 4) is 0 Å². The van der Waals surface area contributed by atoms with Gasteiger partial charge in [-0.2, -0.15) is 0 Å². The summed E-state index contributed by atoms with van der Waals surface area (Å²) in [5, 5.41) is 3.90. The number of aromatic amines is 1. The molecule has 1 atom stereocenters. The molecular formula is C14H17ClN4O3. The van der Waals surface area contributed by atoms with E-state index in [-0.39, 0.29) is 12.0 Å². The Hall–Kier alpha value is -1.86. The maximum absolute atomic E-state index is 12.3. The molecule has 1 unspecified atom stereocenters. The molecule has 1 aliphatic heterocycles. The Kier molecular flexibility index (Phi) is 4.44. The predicted molar refractivity (Wildman–Crippen MR) is 78.4 cm³/mol. The highest BCUT2D eigenvalue weighted by molar-refractivity contribution is 6.29. The zero-order valence-corrected chi connectivity index (χ0v) is 13.0. The van der Waals surface area contributed by atoms with E-state index in [1.807, 2.05) is 6.92 Å². The first-order valence-corrected chi connectivity index (χ1v) is 7.51. The summed E-state index contributed by atoms with van der Waals surface area (Å²) >= 11 is 5.69. The van der Waals surface area contributed by atoms with E-state index >= 15 is 0 Å². The van der Waals surface area contributed by atoms with Gasteiger partial charge in [-0.25, -0.2) is 4.98 Å². The second-order valence-corrected chi connectivity index (χ2v) is 5.65. The third kappa shape index (κ3) is 3.48. The monoisotopic (exact) mass is 324 g/mol. The molecule has 0 aliphatic carbocycles. The van der Waals surface area contributed by atoms with Crippen LogP contribution in [0.3, 0.4) is 0 Å². The van der Waals surface area contributed by atoms with Gasteiger partial charge in [0.15, 0.2) is 5.15 Å². The van der Waals surface area contributed by atoms with Crippen LogP contribution in [0, 0.1) is 6.92 Å². The number of amides is 1. The first kappa shape index (κ1) is 15.1. The second-order valence-electron chi connectivity index (χ2n) is 5.27. The lowest BCUT2D eigenvalue weighted by atomic mass is 10.2. The molecule has 8 heteroatoms. The Morgan fingerprint density at radius 2 is 2.45 bits per heavy atom. The van der Waals surface area contributed by atoms with Gasteiger partial charge < -0.3 is 19.1 Å². The third-order valence-electron chi connectivity index (χ3n) is 3.56. The number of hydrogen-bond acceptors (Lipinski definition) is 5. The average Bonchev–Trinajstić information content (AvgIpc) is 3.13. The lowest BCUT2D eigenvalue weighted by molar-refractivity contribution is -0.139. The number of hydrogen-bond donors (Lipinski definition) is 1. The normalized spacial score (nSPS) is 18.6. The van der Waals surface area contributed by atoms with Crippen LogP contribution < -0.4 is 0 Å². The van der Waals surface area contributed by atoms with Crippen LogP contribution in [0.2, 0.25) is 5.15 Å². The van der Waals surface area contributed by atoms with Crippen molar-refractivity contribution in [2.24, 2.45) is 0 Å². The molecule has 0 aromatic carbocycles. The molecule has 2 aromatic heterocycles. The Labute approximate surface area is 132 Å². The van der Waals surface area contributed by atoms with Gasteiger partial charge >= 0.3 is 0 Å². The molecule has 2 aromatic rings. The number of ether oxygens (including phenoxy) is 1. The van der Waals surface area contributed by atoms with Gasteiger partial charge in [0.2, 0.25) is 5.91 Å². The minimum Gasteiger partial charge on any atom is -0.367 e. The van der Waals surface area contributed by atoms with E-state index in [0.29, 0.717) is 43.5 Å². The fourth-order valence-electron chi connectivity index (χ4n) is 2.43. The van der Waals surface area contributed by atoms with Crippen molar-refractivity contribution in [1.82, 2.24) is 20.0 Å². The summed E-state index contributed by atoms with van der Waals surface area (Å²) in [5.74, 6) is 1.44. The van der Waals surface area contributed by atoms with Crippen molar-refractivity contribution in [2.75, 3.05) is 19.7 Å². The molecule has 1 saturated heterocycles. The van der Waals surface area contributed by atoms with Crippen LogP contribution in [0.4, 0.5) is 0 Å². The second kappa shape index (κ2) is 6.50. The third-order valence-corrected chi connectivity index (χ3v) is 3.74. The number of rotatable bonds is 4. The summed E-state index contributed by atoms with van der Waals surface area (Å²) in [6.07, 6.45) is 2.40. The van der Waals surface area contributed by atoms with Crippen molar-refractivity contribution in [3.05, 3.63) is 34.7 Å². The number of nitrogens with one attached hydrogen (secondary N) is 1. The van der Waals surface area contributed by atoms with E-state index in [0.717, 1.165) is 11.5 Å². The van der Waals surface area contributed by atoms with Crippen LogP contribution in [-0.2, 0) is 16.0 Å². The van der Waals surface area contributed by atoms with Gasteiger partial charge in [-0.05, 0) is 6.92 Å². The number of morpholine rings is 1. The molecule has 3 heterocycles. The van der Waals surface area contributed by atoms with Crippen LogP contribution >= 0.6 is 11.6 Å². The molecule has 3 rings (SSSR count). The highest BCUT2D eigenvalue weighted by atomic mass is 35.5. The summed E-state index contributed by atoms with van der Waals surface area (Å²) in [5.41, 5.74) is 0.976. The van der Waals surface area contributed by atoms with E-state index in [1.54, 1.807) is 17.2 Å². The topological polar surface area (TPSA) is 84.2 Å². The molecule has 22 heavy (non-hydrogen) atoms. The number of carbonyl (C=O) groups excluding carboxylic acids is 1. The molecule has 1 aliphatic rings. The van der Waals surface area contributed by atoms with E-state index in [4.69, 9.17) is 20.9 Å². The molecule has 1 amide bonds. The summed E-state index contributed by atoms with van der Waals surface area (Å²) in [6, 6.07) is 1.63. The van der Waals surface area contributed by atoms with Gasteiger partial charge in [-0.15, -0.1) is 0 Å². The van der Waals surface area contributed by atoms with E-state index in [1.165, 1.54) is 0 Å². The van der Waals surface area contributed by atoms with Crippen LogP contribution in [0.25, 0.3) is 0 Å². The van der Waals surface area contributed by atoms with Gasteiger partial charge in [0.25, 0.3) is 0 Å². The molecule has 1 fully saturated rings. The fraction of sp³-hybridized carbons (Fsp3) is 0.500. The number of halogens is 1. The highest BCUT2D eigenvalue weighted by Crippen LogP contribution is 2.20. The number of aromatic nitrogens is 3. The van der Waals surface area contributed by atoms with Crippen molar-refractivity contribution >= 4 is 17.5 Å². The number of nitrogens with zero attached hydrogens (tertiary/aromatic N) is 3. The molecule has 0 spiro atoms. The Balaban J connectivity index is 1.55. The number of aryl methyl sites for hydroxylation is 2. The van der Waals surface area contributed by atoms with Gasteiger partial charge in [0, 0.05) is 37.3 Å².